The van der Waals surface area contributed by atoms with Crippen LogP contribution >= 0.6 is 0 Å². The molecule has 0 aromatic carbocycles. The molecular weight excluding hydrogens is 188 g/mol. The summed E-state index contributed by atoms with van der Waals surface area (Å²) in [4.78, 5) is 13.4. The number of nitrogens with zero attached hydrogens (tertiary/aromatic N) is 1. The van der Waals surface area contributed by atoms with Crippen molar-refractivity contribution in [3.8, 4) is 0 Å². The quantitative estimate of drug-likeness (QED) is 0.726. The summed E-state index contributed by atoms with van der Waals surface area (Å²) < 4.78 is 0. The summed E-state index contributed by atoms with van der Waals surface area (Å²) in [6, 6.07) is 0.422. The van der Waals surface area contributed by atoms with Crippen LogP contribution in [0.15, 0.2) is 0 Å². The van der Waals surface area contributed by atoms with E-state index >= 15 is 0 Å². The fraction of sp³-hybridized carbons (Fsp3) is 0.917. The van der Waals surface area contributed by atoms with Gasteiger partial charge in [-0.05, 0) is 32.2 Å². The van der Waals surface area contributed by atoms with Crippen molar-refractivity contribution in [1.29, 1.82) is 0 Å². The standard InChI is InChI=1S/C12H24N2O/c1-10(2)6-7-13-11(3)9-14-8-4-5-12(14)15/h10-11,13H,4-9H2,1-3H3. The summed E-state index contributed by atoms with van der Waals surface area (Å²) in [5.41, 5.74) is 0. The Morgan fingerprint density at radius 2 is 2.13 bits per heavy atom. The van der Waals surface area contributed by atoms with Crippen LogP contribution in [0.4, 0.5) is 0 Å². The van der Waals surface area contributed by atoms with Crippen molar-refractivity contribution in [1.82, 2.24) is 10.2 Å². The van der Waals surface area contributed by atoms with E-state index in [-0.39, 0.29) is 0 Å². The third-order valence-corrected chi connectivity index (χ3v) is 2.88. The lowest BCUT2D eigenvalue weighted by Crippen LogP contribution is -2.40. The lowest BCUT2D eigenvalue weighted by Gasteiger charge is -2.22. The predicted octanol–water partition coefficient (Wildman–Crippen LogP) is 1.63. The monoisotopic (exact) mass is 212 g/mol. The lowest BCUT2D eigenvalue weighted by atomic mass is 10.1. The van der Waals surface area contributed by atoms with Gasteiger partial charge in [0.1, 0.15) is 0 Å². The Hall–Kier alpha value is -0.570. The zero-order chi connectivity index (χ0) is 11.3. The summed E-state index contributed by atoms with van der Waals surface area (Å²) in [5.74, 6) is 1.07. The van der Waals surface area contributed by atoms with Gasteiger partial charge in [0.05, 0.1) is 0 Å². The highest BCUT2D eigenvalue weighted by Gasteiger charge is 2.21. The molecule has 15 heavy (non-hydrogen) atoms. The second kappa shape index (κ2) is 6.11. The zero-order valence-electron chi connectivity index (χ0n) is 10.3. The summed E-state index contributed by atoms with van der Waals surface area (Å²) >= 11 is 0. The maximum atomic E-state index is 11.4. The highest BCUT2D eigenvalue weighted by molar-refractivity contribution is 5.78. The molecule has 88 valence electrons. The summed E-state index contributed by atoms with van der Waals surface area (Å²) in [6.45, 7) is 9.51. The topological polar surface area (TPSA) is 32.3 Å². The van der Waals surface area contributed by atoms with Gasteiger partial charge in [-0.1, -0.05) is 13.8 Å². The van der Waals surface area contributed by atoms with Gasteiger partial charge in [0.2, 0.25) is 5.91 Å². The Morgan fingerprint density at radius 3 is 2.67 bits per heavy atom. The van der Waals surface area contributed by atoms with Gasteiger partial charge in [-0.25, -0.2) is 0 Å². The molecule has 1 unspecified atom stereocenters. The number of amides is 1. The SMILES string of the molecule is CC(C)CCNC(C)CN1CCCC1=O. The number of hydrogen-bond donors (Lipinski definition) is 1. The van der Waals surface area contributed by atoms with Gasteiger partial charge in [0.15, 0.2) is 0 Å². The van der Waals surface area contributed by atoms with E-state index < -0.39 is 0 Å². The van der Waals surface area contributed by atoms with Crippen LogP contribution in [0.25, 0.3) is 0 Å². The molecule has 0 saturated carbocycles. The molecule has 1 aliphatic rings. The molecule has 1 saturated heterocycles. The number of likely N-dealkylation sites (tertiary alicyclic amines) is 1. The van der Waals surface area contributed by atoms with E-state index in [0.29, 0.717) is 11.9 Å². The van der Waals surface area contributed by atoms with Crippen molar-refractivity contribution < 1.29 is 4.79 Å². The first-order chi connectivity index (χ1) is 7.09. The maximum Gasteiger partial charge on any atom is 0.222 e. The predicted molar refractivity (Wildman–Crippen MR) is 62.7 cm³/mol. The van der Waals surface area contributed by atoms with E-state index in [2.05, 4.69) is 26.1 Å². The Bertz CT molecular complexity index is 204. The Labute approximate surface area is 93.2 Å². The third-order valence-electron chi connectivity index (χ3n) is 2.88. The van der Waals surface area contributed by atoms with Crippen molar-refractivity contribution in [3.63, 3.8) is 0 Å². The van der Waals surface area contributed by atoms with Crippen LogP contribution in [-0.2, 0) is 4.79 Å². The highest BCUT2D eigenvalue weighted by Crippen LogP contribution is 2.09. The van der Waals surface area contributed by atoms with Crippen LogP contribution in [0.2, 0.25) is 0 Å². The molecule has 1 amide bonds. The first-order valence-electron chi connectivity index (χ1n) is 6.10. The molecule has 3 heteroatoms. The van der Waals surface area contributed by atoms with E-state index in [9.17, 15) is 4.79 Å². The fourth-order valence-electron chi connectivity index (χ4n) is 1.91. The van der Waals surface area contributed by atoms with Crippen LogP contribution in [-0.4, -0.2) is 36.5 Å². The van der Waals surface area contributed by atoms with Crippen LogP contribution < -0.4 is 5.32 Å². The van der Waals surface area contributed by atoms with Crippen LogP contribution in [0.3, 0.4) is 0 Å². The molecule has 0 spiro atoms. The van der Waals surface area contributed by atoms with Gasteiger partial charge in [0.25, 0.3) is 0 Å². The Morgan fingerprint density at radius 1 is 1.40 bits per heavy atom. The van der Waals surface area contributed by atoms with Crippen molar-refractivity contribution >= 4 is 5.91 Å². The maximum absolute atomic E-state index is 11.4. The van der Waals surface area contributed by atoms with Crippen molar-refractivity contribution in [2.24, 2.45) is 5.92 Å². The molecule has 0 bridgehead atoms. The van der Waals surface area contributed by atoms with Crippen LogP contribution in [0, 0.1) is 5.92 Å². The van der Waals surface area contributed by atoms with Gasteiger partial charge >= 0.3 is 0 Å². The minimum absolute atomic E-state index is 0.326. The molecule has 0 aromatic heterocycles. The minimum atomic E-state index is 0.326. The molecule has 0 aliphatic carbocycles. The number of carbonyl (C=O) groups excluding carboxylic acids is 1. The van der Waals surface area contributed by atoms with Crippen LogP contribution in [0.5, 0.6) is 0 Å². The smallest absolute Gasteiger partial charge is 0.222 e. The van der Waals surface area contributed by atoms with Crippen LogP contribution in [0.1, 0.15) is 40.0 Å². The number of hydrogen-bond acceptors (Lipinski definition) is 2. The zero-order valence-corrected chi connectivity index (χ0v) is 10.3. The minimum Gasteiger partial charge on any atom is -0.341 e. The third kappa shape index (κ3) is 4.65. The molecule has 1 atom stereocenters. The molecule has 1 rings (SSSR count). The van der Waals surface area contributed by atoms with Crippen molar-refractivity contribution in [2.75, 3.05) is 19.6 Å². The molecule has 0 radical (unpaired) electrons. The summed E-state index contributed by atoms with van der Waals surface area (Å²) in [6.07, 6.45) is 2.99. The molecular formula is C12H24N2O. The second-order valence-corrected chi connectivity index (χ2v) is 4.98. The molecule has 1 aliphatic heterocycles. The normalized spacial score (nSPS) is 18.9. The van der Waals surface area contributed by atoms with Gasteiger partial charge in [-0.15, -0.1) is 0 Å². The highest BCUT2D eigenvalue weighted by atomic mass is 16.2. The first-order valence-corrected chi connectivity index (χ1v) is 6.10. The van der Waals surface area contributed by atoms with Gasteiger partial charge in [-0.3, -0.25) is 4.79 Å². The number of carbonyl (C=O) groups is 1. The Kier molecular flexibility index (Phi) is 5.09. The van der Waals surface area contributed by atoms with Gasteiger partial charge in [0, 0.05) is 25.6 Å². The Balaban J connectivity index is 2.12. The number of nitrogens with one attached hydrogen (secondary N) is 1. The number of rotatable bonds is 6. The summed E-state index contributed by atoms with van der Waals surface area (Å²) in [5, 5.41) is 3.47. The molecule has 3 nitrogen and oxygen atoms in total. The van der Waals surface area contributed by atoms with Gasteiger partial charge in [-0.2, -0.15) is 0 Å². The molecule has 0 aromatic rings. The first kappa shape index (κ1) is 12.5. The van der Waals surface area contributed by atoms with E-state index in [1.165, 1.54) is 6.42 Å². The largest absolute Gasteiger partial charge is 0.341 e. The molecule has 1 fully saturated rings. The average Bonchev–Trinajstić information content (AvgIpc) is 2.51. The van der Waals surface area contributed by atoms with E-state index in [0.717, 1.165) is 38.4 Å². The van der Waals surface area contributed by atoms with Crippen molar-refractivity contribution in [3.05, 3.63) is 0 Å². The lowest BCUT2D eigenvalue weighted by molar-refractivity contribution is -0.127. The average molecular weight is 212 g/mol. The van der Waals surface area contributed by atoms with E-state index in [4.69, 9.17) is 0 Å². The van der Waals surface area contributed by atoms with E-state index in [1.807, 2.05) is 4.90 Å². The van der Waals surface area contributed by atoms with Gasteiger partial charge < -0.3 is 10.2 Å². The second-order valence-electron chi connectivity index (χ2n) is 4.98. The van der Waals surface area contributed by atoms with Crippen molar-refractivity contribution in [2.45, 2.75) is 46.1 Å². The summed E-state index contributed by atoms with van der Waals surface area (Å²) in [7, 11) is 0. The van der Waals surface area contributed by atoms with E-state index in [1.54, 1.807) is 0 Å². The molecule has 1 N–H and O–H groups in total. The fourth-order valence-corrected chi connectivity index (χ4v) is 1.91. The molecule has 1 heterocycles.